The van der Waals surface area contributed by atoms with E-state index in [4.69, 9.17) is 11.0 Å². The first-order valence-corrected chi connectivity index (χ1v) is 8.61. The third-order valence-corrected chi connectivity index (χ3v) is 8.62. The van der Waals surface area contributed by atoms with Gasteiger partial charge in [0.1, 0.15) is 0 Å². The highest BCUT2D eigenvalue weighted by atomic mass is 79.9. The average Bonchev–Trinajstić information content (AvgIpc) is 1.92. The molecule has 1 amide bonds. The van der Waals surface area contributed by atoms with Crippen LogP contribution in [0.5, 0.6) is 0 Å². The molecule has 10 heavy (non-hydrogen) atoms. The van der Waals surface area contributed by atoms with Crippen molar-refractivity contribution in [1.29, 1.82) is 5.26 Å². The van der Waals surface area contributed by atoms with Crippen LogP contribution in [0.2, 0.25) is 0 Å². The monoisotopic (exact) mass is 304 g/mol. The highest BCUT2D eigenvalue weighted by Crippen LogP contribution is 2.53. The van der Waals surface area contributed by atoms with Gasteiger partial charge in [-0.15, -0.1) is 0 Å². The molecule has 2 unspecified atom stereocenters. The second-order valence-electron chi connectivity index (χ2n) is 1.42. The minimum absolute atomic E-state index is 0.0419. The van der Waals surface area contributed by atoms with Gasteiger partial charge in [-0.1, -0.05) is 31.0 Å². The van der Waals surface area contributed by atoms with E-state index in [1.54, 1.807) is 0 Å². The van der Waals surface area contributed by atoms with E-state index in [2.05, 4.69) is 31.0 Å². The molecular formula is C3H4Br2N2OP2. The third kappa shape index (κ3) is 2.13. The van der Waals surface area contributed by atoms with Crippen LogP contribution in [0.1, 0.15) is 0 Å². The van der Waals surface area contributed by atoms with E-state index in [9.17, 15) is 4.79 Å². The maximum Gasteiger partial charge on any atom is 0.247 e. The Hall–Kier alpha value is 0.780. The molecule has 7 heteroatoms. The summed E-state index contributed by atoms with van der Waals surface area (Å²) < 4.78 is 0. The number of primary amides is 1. The Labute approximate surface area is 78.2 Å². The number of hydrogen-bond donors (Lipinski definition) is 1. The summed E-state index contributed by atoms with van der Waals surface area (Å²) >= 11 is 6.15. The molecule has 0 fully saturated rings. The lowest BCUT2D eigenvalue weighted by Gasteiger charge is -2.15. The van der Waals surface area contributed by atoms with E-state index in [-0.39, 0.29) is 14.6 Å². The Morgan fingerprint density at radius 2 is 2.00 bits per heavy atom. The van der Waals surface area contributed by atoms with Gasteiger partial charge in [-0.25, -0.2) is 0 Å². The summed E-state index contributed by atoms with van der Waals surface area (Å²) in [6, 6.07) is 1.87. The van der Waals surface area contributed by atoms with Gasteiger partial charge in [-0.2, -0.15) is 5.26 Å². The van der Waals surface area contributed by atoms with Gasteiger partial charge in [0, 0.05) is 0 Å². The SMILES string of the molecule is N#CC(PBr)(PBr)C(N)=O. The van der Waals surface area contributed by atoms with Crippen molar-refractivity contribution in [2.45, 2.75) is 4.90 Å². The van der Waals surface area contributed by atoms with Crippen molar-refractivity contribution in [3.63, 3.8) is 0 Å². The number of nitrogens with zero attached hydrogens (tertiary/aromatic N) is 1. The van der Waals surface area contributed by atoms with Crippen LogP contribution in [0.3, 0.4) is 0 Å². The van der Waals surface area contributed by atoms with Crippen LogP contribution in [0.15, 0.2) is 0 Å². The molecule has 0 aliphatic rings. The summed E-state index contributed by atoms with van der Waals surface area (Å²) in [6.45, 7) is 0. The number of halogens is 2. The van der Waals surface area contributed by atoms with Gasteiger partial charge in [0.25, 0.3) is 0 Å². The summed E-state index contributed by atoms with van der Waals surface area (Å²) in [5, 5.41) is 8.55. The number of carbonyl (C=O) groups excluding carboxylic acids is 1. The lowest BCUT2D eigenvalue weighted by Crippen LogP contribution is -2.32. The van der Waals surface area contributed by atoms with Gasteiger partial charge in [0.2, 0.25) is 5.91 Å². The maximum atomic E-state index is 10.7. The topological polar surface area (TPSA) is 66.9 Å². The van der Waals surface area contributed by atoms with E-state index in [1.807, 2.05) is 6.07 Å². The Bertz CT molecular complexity index is 176. The average molecular weight is 306 g/mol. The Balaban J connectivity index is 4.52. The van der Waals surface area contributed by atoms with Gasteiger partial charge in [-0.05, 0) is 14.6 Å². The van der Waals surface area contributed by atoms with Crippen LogP contribution >= 0.6 is 45.5 Å². The quantitative estimate of drug-likeness (QED) is 0.806. The molecule has 0 aromatic heterocycles. The molecule has 0 saturated heterocycles. The normalized spacial score (nSPS) is 17.7. The van der Waals surface area contributed by atoms with Gasteiger partial charge >= 0.3 is 0 Å². The first-order chi connectivity index (χ1) is 4.63. The lowest BCUT2D eigenvalue weighted by atomic mass is 10.4. The van der Waals surface area contributed by atoms with Crippen molar-refractivity contribution < 1.29 is 4.79 Å². The molecule has 0 bridgehead atoms. The van der Waals surface area contributed by atoms with Crippen LogP contribution in [0.4, 0.5) is 0 Å². The number of hydrogen-bond acceptors (Lipinski definition) is 2. The number of carbonyl (C=O) groups is 1. The van der Waals surface area contributed by atoms with Gasteiger partial charge < -0.3 is 5.73 Å². The van der Waals surface area contributed by atoms with Crippen molar-refractivity contribution >= 4 is 51.5 Å². The fraction of sp³-hybridized carbons (Fsp3) is 0.333. The highest BCUT2D eigenvalue weighted by molar-refractivity contribution is 9.39. The molecule has 56 valence electrons. The number of rotatable bonds is 3. The number of nitriles is 1. The van der Waals surface area contributed by atoms with E-state index < -0.39 is 10.8 Å². The van der Waals surface area contributed by atoms with Crippen molar-refractivity contribution in [2.75, 3.05) is 0 Å². The maximum absolute atomic E-state index is 10.7. The second kappa shape index (κ2) is 4.62. The smallest absolute Gasteiger partial charge is 0.247 e. The predicted molar refractivity (Wildman–Crippen MR) is 52.0 cm³/mol. The van der Waals surface area contributed by atoms with Crippen LogP contribution in [0, 0.1) is 11.3 Å². The molecule has 0 spiro atoms. The molecule has 0 aromatic carbocycles. The minimum atomic E-state index is -1.04. The lowest BCUT2D eigenvalue weighted by molar-refractivity contribution is -0.117. The second-order valence-corrected chi connectivity index (χ2v) is 6.17. The molecular weight excluding hydrogens is 302 g/mol. The summed E-state index contributed by atoms with van der Waals surface area (Å²) in [5.74, 6) is -0.583. The molecule has 0 saturated carbocycles. The first-order valence-electron chi connectivity index (χ1n) is 2.09. The van der Waals surface area contributed by atoms with Crippen molar-refractivity contribution in [2.24, 2.45) is 5.73 Å². The van der Waals surface area contributed by atoms with E-state index in [0.29, 0.717) is 0 Å². The molecule has 0 rings (SSSR count). The van der Waals surface area contributed by atoms with Crippen molar-refractivity contribution in [1.82, 2.24) is 0 Å². The molecule has 2 N–H and O–H groups in total. The molecule has 0 aliphatic heterocycles. The molecule has 0 aliphatic carbocycles. The fourth-order valence-electron chi connectivity index (χ4n) is 0.208. The zero-order valence-electron chi connectivity index (χ0n) is 4.69. The van der Waals surface area contributed by atoms with E-state index in [0.717, 1.165) is 0 Å². The standard InChI is InChI=1S/C3H4Br2N2OP2/c4-9-3(1-6,10-5)2(7)8/h9-10H,(H2,7,8). The summed E-state index contributed by atoms with van der Waals surface area (Å²) in [6.07, 6.45) is 0. The third-order valence-electron chi connectivity index (χ3n) is 0.821. The Kier molecular flexibility index (Phi) is 4.98. The zero-order chi connectivity index (χ0) is 8.20. The van der Waals surface area contributed by atoms with Crippen LogP contribution < -0.4 is 5.73 Å². The summed E-state index contributed by atoms with van der Waals surface area (Å²) in [5.41, 5.74) is 5.00. The highest BCUT2D eigenvalue weighted by Gasteiger charge is 2.35. The fourth-order valence-corrected chi connectivity index (χ4v) is 6.50. The van der Waals surface area contributed by atoms with Crippen LogP contribution in [0.25, 0.3) is 0 Å². The molecule has 0 aromatic rings. The largest absolute Gasteiger partial charge is 0.368 e. The van der Waals surface area contributed by atoms with Gasteiger partial charge in [-0.3, -0.25) is 4.79 Å². The Morgan fingerprint density at radius 3 is 2.00 bits per heavy atom. The minimum Gasteiger partial charge on any atom is -0.368 e. The molecule has 0 radical (unpaired) electrons. The predicted octanol–water partition coefficient (Wildman–Crippen LogP) is 1.67. The number of nitrogens with two attached hydrogens (primary N) is 1. The summed E-state index contributed by atoms with van der Waals surface area (Å²) in [7, 11) is 0.0837. The summed E-state index contributed by atoms with van der Waals surface area (Å²) in [4.78, 5) is 9.63. The molecule has 2 atom stereocenters. The first kappa shape index (κ1) is 10.8. The van der Waals surface area contributed by atoms with E-state index >= 15 is 0 Å². The number of amides is 1. The Morgan fingerprint density at radius 1 is 1.60 bits per heavy atom. The van der Waals surface area contributed by atoms with Crippen LogP contribution in [-0.4, -0.2) is 10.8 Å². The van der Waals surface area contributed by atoms with Crippen molar-refractivity contribution in [3.05, 3.63) is 0 Å². The van der Waals surface area contributed by atoms with Crippen molar-refractivity contribution in [3.8, 4) is 6.07 Å². The molecule has 0 heterocycles. The van der Waals surface area contributed by atoms with Gasteiger partial charge in [0.15, 0.2) is 4.90 Å². The van der Waals surface area contributed by atoms with Crippen LogP contribution in [-0.2, 0) is 4.79 Å². The van der Waals surface area contributed by atoms with E-state index in [1.165, 1.54) is 0 Å². The zero-order valence-corrected chi connectivity index (χ0v) is 9.86. The molecule has 3 nitrogen and oxygen atoms in total. The van der Waals surface area contributed by atoms with Gasteiger partial charge in [0.05, 0.1) is 6.07 Å².